The van der Waals surface area contributed by atoms with Crippen LogP contribution in [0.1, 0.15) is 49.1 Å². The van der Waals surface area contributed by atoms with E-state index < -0.39 is 0 Å². The van der Waals surface area contributed by atoms with Crippen LogP contribution in [0.25, 0.3) is 0 Å². The van der Waals surface area contributed by atoms with Crippen molar-refractivity contribution in [2.24, 2.45) is 0 Å². The van der Waals surface area contributed by atoms with E-state index in [1.54, 1.807) is 0 Å². The van der Waals surface area contributed by atoms with Gasteiger partial charge in [0.1, 0.15) is 5.01 Å². The zero-order valence-corrected chi connectivity index (χ0v) is 18.3. The van der Waals surface area contributed by atoms with Gasteiger partial charge in [-0.1, -0.05) is 48.1 Å². The molecule has 0 radical (unpaired) electrons. The molecule has 0 unspecified atom stereocenters. The lowest BCUT2D eigenvalue weighted by Gasteiger charge is -2.26. The molecule has 0 atom stereocenters. The third-order valence-electron chi connectivity index (χ3n) is 5.16. The monoisotopic (exact) mass is 429 g/mol. The number of aryl methyl sites for hydroxylation is 1. The van der Waals surface area contributed by atoms with Crippen LogP contribution in [0.3, 0.4) is 0 Å². The first-order chi connectivity index (χ1) is 14.7. The Kier molecular flexibility index (Phi) is 9.24. The number of nitrogens with zero attached hydrogens (tertiary/aromatic N) is 3. The van der Waals surface area contributed by atoms with E-state index in [0.717, 1.165) is 56.0 Å². The number of nitrogens with one attached hydrogen (secondary N) is 2. The van der Waals surface area contributed by atoms with E-state index in [1.165, 1.54) is 30.6 Å². The number of amides is 2. The highest BCUT2D eigenvalue weighted by Crippen LogP contribution is 2.18. The van der Waals surface area contributed by atoms with Crippen LogP contribution in [-0.2, 0) is 22.4 Å². The fraction of sp³-hybridized carbons (Fsp3) is 0.545. The molecule has 0 bridgehead atoms. The Hall–Kier alpha value is -2.32. The number of rotatable bonds is 11. The molecule has 30 heavy (non-hydrogen) atoms. The largest absolute Gasteiger partial charge is 0.355 e. The topological polar surface area (TPSA) is 87.2 Å². The van der Waals surface area contributed by atoms with Gasteiger partial charge in [0.05, 0.1) is 6.42 Å². The molecule has 2 N–H and O–H groups in total. The first-order valence-electron chi connectivity index (χ1n) is 10.8. The molecular formula is C22H31N5O2S. The summed E-state index contributed by atoms with van der Waals surface area (Å²) in [4.78, 5) is 26.5. The Morgan fingerprint density at radius 1 is 1.00 bits per heavy atom. The van der Waals surface area contributed by atoms with E-state index in [0.29, 0.717) is 18.0 Å². The molecule has 8 heteroatoms. The second-order valence-electron chi connectivity index (χ2n) is 7.67. The molecule has 3 rings (SSSR count). The van der Waals surface area contributed by atoms with Crippen molar-refractivity contribution in [3.8, 4) is 0 Å². The van der Waals surface area contributed by atoms with Gasteiger partial charge in [-0.3, -0.25) is 9.59 Å². The van der Waals surface area contributed by atoms with E-state index in [-0.39, 0.29) is 11.8 Å². The van der Waals surface area contributed by atoms with Crippen molar-refractivity contribution in [1.82, 2.24) is 20.4 Å². The summed E-state index contributed by atoms with van der Waals surface area (Å²) in [6.07, 6.45) is 7.22. The molecule has 0 spiro atoms. The highest BCUT2D eigenvalue weighted by Gasteiger charge is 2.11. The molecular weight excluding hydrogens is 398 g/mol. The molecule has 162 valence electrons. The number of carbonyl (C=O) groups excluding carboxylic acids is 2. The molecule has 7 nitrogen and oxygen atoms in total. The van der Waals surface area contributed by atoms with Crippen molar-refractivity contribution in [3.63, 3.8) is 0 Å². The van der Waals surface area contributed by atoms with Crippen molar-refractivity contribution in [3.05, 3.63) is 40.9 Å². The molecule has 2 heterocycles. The second kappa shape index (κ2) is 12.4. The highest BCUT2D eigenvalue weighted by molar-refractivity contribution is 7.15. The van der Waals surface area contributed by atoms with Crippen molar-refractivity contribution >= 4 is 28.3 Å². The lowest BCUT2D eigenvalue weighted by atomic mass is 10.1. The molecule has 1 aromatic carbocycles. The van der Waals surface area contributed by atoms with Gasteiger partial charge >= 0.3 is 0 Å². The third-order valence-corrected chi connectivity index (χ3v) is 6.06. The summed E-state index contributed by atoms with van der Waals surface area (Å²) >= 11 is 1.40. The molecule has 1 aliphatic rings. The van der Waals surface area contributed by atoms with Crippen molar-refractivity contribution in [2.45, 2.75) is 51.4 Å². The van der Waals surface area contributed by atoms with Crippen molar-refractivity contribution in [2.75, 3.05) is 31.5 Å². The van der Waals surface area contributed by atoms with Crippen molar-refractivity contribution in [1.29, 1.82) is 0 Å². The van der Waals surface area contributed by atoms with Gasteiger partial charge < -0.3 is 15.5 Å². The van der Waals surface area contributed by atoms with Gasteiger partial charge in [0, 0.05) is 25.9 Å². The van der Waals surface area contributed by atoms with Crippen LogP contribution in [0, 0.1) is 0 Å². The van der Waals surface area contributed by atoms with Gasteiger partial charge in [0.15, 0.2) is 0 Å². The van der Waals surface area contributed by atoms with E-state index in [2.05, 4.69) is 25.7 Å². The summed E-state index contributed by atoms with van der Waals surface area (Å²) in [7, 11) is 0. The summed E-state index contributed by atoms with van der Waals surface area (Å²) < 4.78 is 0. The van der Waals surface area contributed by atoms with Crippen LogP contribution in [0.2, 0.25) is 0 Å². The predicted octanol–water partition coefficient (Wildman–Crippen LogP) is 3.03. The third kappa shape index (κ3) is 8.20. The summed E-state index contributed by atoms with van der Waals surface area (Å²) in [5.41, 5.74) is 0.967. The average molecular weight is 430 g/mol. The summed E-state index contributed by atoms with van der Waals surface area (Å²) in [6, 6.07) is 9.61. The second-order valence-corrected chi connectivity index (χ2v) is 8.73. The quantitative estimate of drug-likeness (QED) is 0.536. The van der Waals surface area contributed by atoms with E-state index >= 15 is 0 Å². The van der Waals surface area contributed by atoms with E-state index in [1.807, 2.05) is 30.3 Å². The Balaban J connectivity index is 1.26. The lowest BCUT2D eigenvalue weighted by molar-refractivity contribution is -0.121. The van der Waals surface area contributed by atoms with E-state index in [9.17, 15) is 9.59 Å². The Morgan fingerprint density at radius 3 is 2.60 bits per heavy atom. The number of unbranched alkanes of at least 4 members (excludes halogenated alkanes) is 1. The smallest absolute Gasteiger partial charge is 0.230 e. The lowest BCUT2D eigenvalue weighted by Crippen LogP contribution is -2.37. The van der Waals surface area contributed by atoms with Gasteiger partial charge in [-0.05, 0) is 44.3 Å². The summed E-state index contributed by atoms with van der Waals surface area (Å²) in [5.74, 6) is 0.0308. The van der Waals surface area contributed by atoms with Crippen molar-refractivity contribution < 1.29 is 9.59 Å². The molecule has 1 aromatic heterocycles. The maximum Gasteiger partial charge on any atom is 0.230 e. The molecule has 1 fully saturated rings. The molecule has 1 aliphatic heterocycles. The number of likely N-dealkylation sites (tertiary alicyclic amines) is 1. The van der Waals surface area contributed by atoms with Gasteiger partial charge in [-0.15, -0.1) is 10.2 Å². The molecule has 2 aromatic rings. The zero-order valence-electron chi connectivity index (χ0n) is 17.4. The summed E-state index contributed by atoms with van der Waals surface area (Å²) in [5, 5.41) is 15.4. The number of hydrogen-bond acceptors (Lipinski definition) is 6. The average Bonchev–Trinajstić information content (AvgIpc) is 3.19. The minimum Gasteiger partial charge on any atom is -0.355 e. The molecule has 0 aliphatic carbocycles. The highest BCUT2D eigenvalue weighted by atomic mass is 32.1. The van der Waals surface area contributed by atoms with E-state index in [4.69, 9.17) is 0 Å². The number of piperidine rings is 1. The SMILES string of the molecule is O=C(CCCCc1nnc(NC(=O)Cc2ccccc2)s1)NCCN1CCCCC1. The summed E-state index contributed by atoms with van der Waals surface area (Å²) in [6.45, 7) is 4.01. The van der Waals surface area contributed by atoms with Crippen LogP contribution >= 0.6 is 11.3 Å². The number of aromatic nitrogens is 2. The van der Waals surface area contributed by atoms with Crippen LogP contribution in [0.5, 0.6) is 0 Å². The van der Waals surface area contributed by atoms with Crippen LogP contribution < -0.4 is 10.6 Å². The molecule has 0 saturated carbocycles. The number of hydrogen-bond donors (Lipinski definition) is 2. The molecule has 1 saturated heterocycles. The molecule has 2 amide bonds. The minimum absolute atomic E-state index is 0.0925. The maximum absolute atomic E-state index is 12.1. The fourth-order valence-corrected chi connectivity index (χ4v) is 4.33. The number of benzene rings is 1. The first-order valence-corrected chi connectivity index (χ1v) is 11.7. The van der Waals surface area contributed by atoms with Crippen LogP contribution in [-0.4, -0.2) is 53.1 Å². The number of anilines is 1. The van der Waals surface area contributed by atoms with Gasteiger partial charge in [0.25, 0.3) is 0 Å². The van der Waals surface area contributed by atoms with Gasteiger partial charge in [-0.2, -0.15) is 0 Å². The Morgan fingerprint density at radius 2 is 1.80 bits per heavy atom. The Labute approximate surface area is 182 Å². The van der Waals surface area contributed by atoms with Crippen LogP contribution in [0.15, 0.2) is 30.3 Å². The normalized spacial score (nSPS) is 14.4. The standard InChI is InChI=1S/C22H31N5O2S/c28-19(23-13-16-27-14-7-2-8-15-27)11-5-6-12-21-25-26-22(30-21)24-20(29)17-18-9-3-1-4-10-18/h1,3-4,9-10H,2,5-8,11-17H2,(H,23,28)(H,24,26,29). The van der Waals surface area contributed by atoms with Gasteiger partial charge in [-0.25, -0.2) is 0 Å². The number of carbonyl (C=O) groups is 2. The first kappa shape index (κ1) is 22.4. The Bertz CT molecular complexity index is 790. The maximum atomic E-state index is 12.1. The zero-order chi connectivity index (χ0) is 21.0. The predicted molar refractivity (Wildman–Crippen MR) is 120 cm³/mol. The fourth-order valence-electron chi connectivity index (χ4n) is 3.54. The minimum atomic E-state index is -0.0925. The van der Waals surface area contributed by atoms with Gasteiger partial charge in [0.2, 0.25) is 16.9 Å². The van der Waals surface area contributed by atoms with Crippen LogP contribution in [0.4, 0.5) is 5.13 Å².